The highest BCUT2D eigenvalue weighted by Gasteiger charge is 2.21. The Bertz CT molecular complexity index is 567. The van der Waals surface area contributed by atoms with Gasteiger partial charge in [0.1, 0.15) is 5.60 Å². The van der Waals surface area contributed by atoms with Gasteiger partial charge in [-0.3, -0.25) is 0 Å². The maximum atomic E-state index is 12.0. The Kier molecular flexibility index (Phi) is 2.53. The molecule has 0 atom stereocenters. The summed E-state index contributed by atoms with van der Waals surface area (Å²) in [6.45, 7) is 5.42. The van der Waals surface area contributed by atoms with E-state index in [1.165, 1.54) is 4.57 Å². The highest BCUT2D eigenvalue weighted by Crippen LogP contribution is 2.19. The summed E-state index contributed by atoms with van der Waals surface area (Å²) in [5.74, 6) is 0.139. The lowest BCUT2D eigenvalue weighted by Crippen LogP contribution is -2.27. The monoisotopic (exact) mass is 233 g/mol. The third-order valence-corrected chi connectivity index (χ3v) is 2.16. The van der Waals surface area contributed by atoms with E-state index in [1.54, 1.807) is 32.9 Å². The summed E-state index contributed by atoms with van der Waals surface area (Å²) >= 11 is 0. The van der Waals surface area contributed by atoms with Crippen molar-refractivity contribution < 1.29 is 9.53 Å². The topological polar surface area (TPSA) is 70.1 Å². The number of aromatic nitrogens is 2. The molecule has 0 saturated heterocycles. The van der Waals surface area contributed by atoms with Gasteiger partial charge in [-0.15, -0.1) is 0 Å². The van der Waals surface area contributed by atoms with Crippen LogP contribution in [0.25, 0.3) is 11.0 Å². The average molecular weight is 233 g/mol. The van der Waals surface area contributed by atoms with Crippen molar-refractivity contribution in [3.8, 4) is 0 Å². The van der Waals surface area contributed by atoms with Gasteiger partial charge < -0.3 is 10.5 Å². The molecule has 0 aliphatic carbocycles. The molecule has 0 aliphatic heterocycles. The molecule has 1 aromatic carbocycles. The molecule has 0 bridgehead atoms. The number of hydrogen-bond acceptors (Lipinski definition) is 4. The van der Waals surface area contributed by atoms with Crippen LogP contribution in [0.3, 0.4) is 0 Å². The standard InChI is InChI=1S/C12H15N3O2/c1-12(2,3)17-11(16)15-9-7-5-4-6-8(9)14-10(15)13/h4-7H,1-3H3,(H2,13,14). The van der Waals surface area contributed by atoms with E-state index in [2.05, 4.69) is 4.98 Å². The third kappa shape index (κ3) is 2.22. The number of hydrogen-bond donors (Lipinski definition) is 1. The minimum Gasteiger partial charge on any atom is -0.443 e. The van der Waals surface area contributed by atoms with Gasteiger partial charge in [0.15, 0.2) is 0 Å². The lowest BCUT2D eigenvalue weighted by molar-refractivity contribution is 0.0547. The maximum absolute atomic E-state index is 12.0. The Balaban J connectivity index is 2.48. The van der Waals surface area contributed by atoms with Gasteiger partial charge in [0, 0.05) is 0 Å². The summed E-state index contributed by atoms with van der Waals surface area (Å²) in [4.78, 5) is 16.1. The predicted octanol–water partition coefficient (Wildman–Crippen LogP) is 2.40. The summed E-state index contributed by atoms with van der Waals surface area (Å²) in [5.41, 5.74) is 6.49. The van der Waals surface area contributed by atoms with Crippen molar-refractivity contribution in [3.63, 3.8) is 0 Å². The number of nitrogens with zero attached hydrogens (tertiary/aromatic N) is 2. The molecule has 1 heterocycles. The van der Waals surface area contributed by atoms with E-state index in [1.807, 2.05) is 12.1 Å². The molecule has 5 nitrogen and oxygen atoms in total. The number of ether oxygens (including phenoxy) is 1. The number of nitrogens with two attached hydrogens (primary N) is 1. The van der Waals surface area contributed by atoms with Crippen LogP contribution in [-0.4, -0.2) is 21.2 Å². The van der Waals surface area contributed by atoms with Crippen molar-refractivity contribution in [2.45, 2.75) is 26.4 Å². The smallest absolute Gasteiger partial charge is 0.421 e. The van der Waals surface area contributed by atoms with Crippen LogP contribution in [0.4, 0.5) is 10.7 Å². The molecule has 17 heavy (non-hydrogen) atoms. The second-order valence-corrected chi connectivity index (χ2v) is 4.77. The van der Waals surface area contributed by atoms with Crippen LogP contribution in [0.2, 0.25) is 0 Å². The summed E-state index contributed by atoms with van der Waals surface area (Å²) < 4.78 is 6.55. The lowest BCUT2D eigenvalue weighted by atomic mass is 10.2. The number of imidazole rings is 1. The van der Waals surface area contributed by atoms with E-state index in [4.69, 9.17) is 10.5 Å². The molecule has 2 rings (SSSR count). The number of para-hydroxylation sites is 2. The molecular formula is C12H15N3O2. The van der Waals surface area contributed by atoms with Gasteiger partial charge in [-0.05, 0) is 32.9 Å². The first kappa shape index (κ1) is 11.4. The van der Waals surface area contributed by atoms with Crippen molar-refractivity contribution in [1.82, 2.24) is 9.55 Å². The molecule has 1 aromatic heterocycles. The molecule has 0 spiro atoms. The molecule has 0 amide bonds. The normalized spacial score (nSPS) is 11.7. The number of nitrogen functional groups attached to an aromatic ring is 1. The molecular weight excluding hydrogens is 218 g/mol. The summed E-state index contributed by atoms with van der Waals surface area (Å²) in [5, 5.41) is 0. The van der Waals surface area contributed by atoms with E-state index >= 15 is 0 Å². The van der Waals surface area contributed by atoms with Crippen molar-refractivity contribution in [1.29, 1.82) is 0 Å². The Hall–Kier alpha value is -2.04. The quantitative estimate of drug-likeness (QED) is 0.758. The Morgan fingerprint density at radius 2 is 2.00 bits per heavy atom. The zero-order valence-electron chi connectivity index (χ0n) is 10.1. The van der Waals surface area contributed by atoms with Crippen LogP contribution in [0.5, 0.6) is 0 Å². The van der Waals surface area contributed by atoms with Gasteiger partial charge in [0.25, 0.3) is 0 Å². The fraction of sp³-hybridized carbons (Fsp3) is 0.333. The average Bonchev–Trinajstić information content (AvgIpc) is 2.50. The number of carbonyl (C=O) groups excluding carboxylic acids is 1. The Morgan fingerprint density at radius 3 is 2.65 bits per heavy atom. The maximum Gasteiger partial charge on any atom is 0.421 e. The number of rotatable bonds is 0. The molecule has 5 heteroatoms. The first-order valence-electron chi connectivity index (χ1n) is 5.35. The first-order valence-corrected chi connectivity index (χ1v) is 5.35. The minimum absolute atomic E-state index is 0.139. The molecule has 0 aliphatic rings. The van der Waals surface area contributed by atoms with E-state index in [-0.39, 0.29) is 5.95 Å². The first-order chi connectivity index (χ1) is 7.88. The summed E-state index contributed by atoms with van der Waals surface area (Å²) in [6, 6.07) is 7.24. The molecule has 2 aromatic rings. The second kappa shape index (κ2) is 3.76. The Morgan fingerprint density at radius 1 is 1.35 bits per heavy atom. The second-order valence-electron chi connectivity index (χ2n) is 4.77. The fourth-order valence-electron chi connectivity index (χ4n) is 1.54. The minimum atomic E-state index is -0.561. The van der Waals surface area contributed by atoms with Crippen LogP contribution < -0.4 is 5.73 Å². The molecule has 0 unspecified atom stereocenters. The SMILES string of the molecule is CC(C)(C)OC(=O)n1c(N)nc2ccccc21. The van der Waals surface area contributed by atoms with Gasteiger partial charge >= 0.3 is 6.09 Å². The van der Waals surface area contributed by atoms with Gasteiger partial charge in [0.05, 0.1) is 11.0 Å². The largest absolute Gasteiger partial charge is 0.443 e. The zero-order valence-corrected chi connectivity index (χ0v) is 10.1. The van der Waals surface area contributed by atoms with E-state index in [9.17, 15) is 4.79 Å². The fourth-order valence-corrected chi connectivity index (χ4v) is 1.54. The van der Waals surface area contributed by atoms with E-state index < -0.39 is 11.7 Å². The van der Waals surface area contributed by atoms with Crippen molar-refractivity contribution in [3.05, 3.63) is 24.3 Å². The Labute approximate surface area is 99.2 Å². The predicted molar refractivity (Wildman–Crippen MR) is 65.8 cm³/mol. The number of carbonyl (C=O) groups is 1. The van der Waals surface area contributed by atoms with E-state index in [0.29, 0.717) is 11.0 Å². The number of fused-ring (bicyclic) bond motifs is 1. The van der Waals surface area contributed by atoms with Gasteiger partial charge in [-0.1, -0.05) is 12.1 Å². The van der Waals surface area contributed by atoms with Crippen LogP contribution in [0.15, 0.2) is 24.3 Å². The molecule has 90 valence electrons. The lowest BCUT2D eigenvalue weighted by Gasteiger charge is -2.19. The number of benzene rings is 1. The van der Waals surface area contributed by atoms with Gasteiger partial charge in [-0.25, -0.2) is 14.3 Å². The van der Waals surface area contributed by atoms with Crippen LogP contribution in [0, 0.1) is 0 Å². The van der Waals surface area contributed by atoms with Crippen LogP contribution in [-0.2, 0) is 4.74 Å². The number of anilines is 1. The van der Waals surface area contributed by atoms with Crippen LogP contribution in [0.1, 0.15) is 20.8 Å². The highest BCUT2D eigenvalue weighted by molar-refractivity contribution is 5.90. The van der Waals surface area contributed by atoms with Crippen molar-refractivity contribution in [2.75, 3.05) is 5.73 Å². The highest BCUT2D eigenvalue weighted by atomic mass is 16.6. The molecule has 2 N–H and O–H groups in total. The zero-order chi connectivity index (χ0) is 12.6. The summed E-state index contributed by atoms with van der Waals surface area (Å²) in [6.07, 6.45) is -0.510. The third-order valence-electron chi connectivity index (χ3n) is 2.16. The van der Waals surface area contributed by atoms with Gasteiger partial charge in [-0.2, -0.15) is 0 Å². The summed E-state index contributed by atoms with van der Waals surface area (Å²) in [7, 11) is 0. The van der Waals surface area contributed by atoms with Crippen LogP contribution >= 0.6 is 0 Å². The van der Waals surface area contributed by atoms with Crippen molar-refractivity contribution >= 4 is 23.1 Å². The van der Waals surface area contributed by atoms with Crippen molar-refractivity contribution in [2.24, 2.45) is 0 Å². The molecule has 0 fully saturated rings. The molecule has 0 saturated carbocycles. The molecule has 0 radical (unpaired) electrons. The van der Waals surface area contributed by atoms with E-state index in [0.717, 1.165) is 0 Å². The van der Waals surface area contributed by atoms with Gasteiger partial charge in [0.2, 0.25) is 5.95 Å².